The zero-order valence-electron chi connectivity index (χ0n) is 15.7. The minimum absolute atomic E-state index is 0.186. The molecule has 3 rings (SSSR count). The van der Waals surface area contributed by atoms with Crippen LogP contribution in [0.2, 0.25) is 0 Å². The highest BCUT2D eigenvalue weighted by Crippen LogP contribution is 2.28. The lowest BCUT2D eigenvalue weighted by Gasteiger charge is -2.28. The van der Waals surface area contributed by atoms with Gasteiger partial charge in [0.15, 0.2) is 0 Å². The van der Waals surface area contributed by atoms with Crippen LogP contribution in [0.15, 0.2) is 54.6 Å². The molecule has 2 aromatic rings. The Morgan fingerprint density at radius 2 is 1.54 bits per heavy atom. The van der Waals surface area contributed by atoms with E-state index in [4.69, 9.17) is 0 Å². The van der Waals surface area contributed by atoms with Crippen LogP contribution in [-0.4, -0.2) is 12.5 Å². The van der Waals surface area contributed by atoms with Gasteiger partial charge in [-0.05, 0) is 56.2 Å². The van der Waals surface area contributed by atoms with Gasteiger partial charge in [-0.3, -0.25) is 4.79 Å². The molecule has 3 heteroatoms. The Morgan fingerprint density at radius 1 is 0.885 bits per heavy atom. The minimum atomic E-state index is 0.186. The van der Waals surface area contributed by atoms with E-state index in [0.29, 0.717) is 12.5 Å². The first-order valence-corrected chi connectivity index (χ1v) is 9.78. The molecule has 1 fully saturated rings. The smallest absolute Gasteiger partial charge is 0.223 e. The normalized spacial score (nSPS) is 19.9. The predicted octanol–water partition coefficient (Wildman–Crippen LogP) is 4.21. The lowest BCUT2D eigenvalue weighted by atomic mass is 9.81. The number of amides is 1. The minimum Gasteiger partial charge on any atom is -0.352 e. The molecule has 2 aromatic carbocycles. The maximum Gasteiger partial charge on any atom is 0.223 e. The van der Waals surface area contributed by atoms with E-state index in [1.165, 1.54) is 16.7 Å². The summed E-state index contributed by atoms with van der Waals surface area (Å²) in [6.07, 6.45) is 4.31. The lowest BCUT2D eigenvalue weighted by molar-refractivity contribution is -0.126. The predicted molar refractivity (Wildman–Crippen MR) is 107 cm³/mol. The van der Waals surface area contributed by atoms with E-state index in [-0.39, 0.29) is 11.8 Å². The molecular weight excluding hydrogens is 320 g/mol. The van der Waals surface area contributed by atoms with Crippen LogP contribution in [0.3, 0.4) is 0 Å². The second kappa shape index (κ2) is 9.54. The molecule has 0 aliphatic heterocycles. The molecule has 0 spiro atoms. The van der Waals surface area contributed by atoms with E-state index < -0.39 is 0 Å². The van der Waals surface area contributed by atoms with Crippen LogP contribution in [0.1, 0.15) is 42.4 Å². The van der Waals surface area contributed by atoms with Crippen LogP contribution < -0.4 is 10.6 Å². The molecule has 3 nitrogen and oxygen atoms in total. The molecular formula is C23H30N2O. The summed E-state index contributed by atoms with van der Waals surface area (Å²) in [4.78, 5) is 12.4. The van der Waals surface area contributed by atoms with Gasteiger partial charge in [0.05, 0.1) is 0 Å². The first-order valence-electron chi connectivity index (χ1n) is 9.78. The molecule has 0 radical (unpaired) electrons. The fourth-order valence-electron chi connectivity index (χ4n) is 3.68. The number of hydrogen-bond acceptors (Lipinski definition) is 2. The van der Waals surface area contributed by atoms with Gasteiger partial charge in [-0.25, -0.2) is 0 Å². The van der Waals surface area contributed by atoms with E-state index in [0.717, 1.165) is 38.8 Å². The molecule has 138 valence electrons. The Kier molecular flexibility index (Phi) is 6.84. The first kappa shape index (κ1) is 18.7. The highest BCUT2D eigenvalue weighted by Gasteiger charge is 2.25. The number of hydrogen-bond donors (Lipinski definition) is 2. The Morgan fingerprint density at radius 3 is 2.23 bits per heavy atom. The largest absolute Gasteiger partial charge is 0.352 e. The van der Waals surface area contributed by atoms with E-state index >= 15 is 0 Å². The summed E-state index contributed by atoms with van der Waals surface area (Å²) in [6.45, 7) is 4.69. The summed E-state index contributed by atoms with van der Waals surface area (Å²) in [7, 11) is 0. The topological polar surface area (TPSA) is 41.1 Å². The van der Waals surface area contributed by atoms with Crippen molar-refractivity contribution in [3.8, 4) is 0 Å². The number of aryl methyl sites for hydroxylation is 1. The van der Waals surface area contributed by atoms with Crippen molar-refractivity contribution in [2.45, 2.75) is 45.7 Å². The third-order valence-corrected chi connectivity index (χ3v) is 5.41. The van der Waals surface area contributed by atoms with E-state index in [1.54, 1.807) is 0 Å². The van der Waals surface area contributed by atoms with Crippen molar-refractivity contribution >= 4 is 5.91 Å². The van der Waals surface area contributed by atoms with Crippen LogP contribution in [-0.2, 0) is 17.9 Å². The van der Waals surface area contributed by atoms with E-state index in [9.17, 15) is 4.79 Å². The van der Waals surface area contributed by atoms with Gasteiger partial charge in [0.25, 0.3) is 0 Å². The SMILES string of the molecule is Cc1ccc(CNC(=O)C2CCC(CNCc3ccccc3)CC2)cc1. The van der Waals surface area contributed by atoms with E-state index in [1.807, 2.05) is 0 Å². The number of carbonyl (C=O) groups excluding carboxylic acids is 1. The molecule has 0 bridgehead atoms. The molecule has 1 saturated carbocycles. The van der Waals surface area contributed by atoms with E-state index in [2.05, 4.69) is 72.2 Å². The number of benzene rings is 2. The summed E-state index contributed by atoms with van der Waals surface area (Å²) in [6, 6.07) is 18.9. The van der Waals surface area contributed by atoms with Crippen molar-refractivity contribution in [2.24, 2.45) is 11.8 Å². The Balaban J connectivity index is 1.33. The highest BCUT2D eigenvalue weighted by molar-refractivity contribution is 5.78. The Hall–Kier alpha value is -2.13. The van der Waals surface area contributed by atoms with Crippen LogP contribution in [0.4, 0.5) is 0 Å². The van der Waals surface area contributed by atoms with Gasteiger partial charge in [0.1, 0.15) is 0 Å². The van der Waals surface area contributed by atoms with Crippen molar-refractivity contribution in [3.05, 3.63) is 71.3 Å². The Bertz CT molecular complexity index is 673. The Labute approximate surface area is 157 Å². The third-order valence-electron chi connectivity index (χ3n) is 5.41. The molecule has 1 aliphatic rings. The molecule has 1 amide bonds. The molecule has 0 aromatic heterocycles. The third kappa shape index (κ3) is 5.70. The summed E-state index contributed by atoms with van der Waals surface area (Å²) in [5, 5.41) is 6.68. The molecule has 0 saturated heterocycles. The van der Waals surface area contributed by atoms with Gasteiger partial charge in [-0.2, -0.15) is 0 Å². The summed E-state index contributed by atoms with van der Waals surface area (Å²) in [5.41, 5.74) is 3.75. The van der Waals surface area contributed by atoms with Crippen LogP contribution >= 0.6 is 0 Å². The summed E-state index contributed by atoms with van der Waals surface area (Å²) in [5.74, 6) is 1.10. The summed E-state index contributed by atoms with van der Waals surface area (Å²) < 4.78 is 0. The fraction of sp³-hybridized carbons (Fsp3) is 0.435. The molecule has 1 aliphatic carbocycles. The van der Waals surface area contributed by atoms with Gasteiger partial charge < -0.3 is 10.6 Å². The highest BCUT2D eigenvalue weighted by atomic mass is 16.1. The maximum absolute atomic E-state index is 12.4. The average Bonchev–Trinajstić information content (AvgIpc) is 2.69. The van der Waals surface area contributed by atoms with Gasteiger partial charge in [0.2, 0.25) is 5.91 Å². The van der Waals surface area contributed by atoms with Crippen molar-refractivity contribution in [1.82, 2.24) is 10.6 Å². The molecule has 0 atom stereocenters. The van der Waals surface area contributed by atoms with Gasteiger partial charge >= 0.3 is 0 Å². The number of nitrogens with one attached hydrogen (secondary N) is 2. The molecule has 26 heavy (non-hydrogen) atoms. The van der Waals surface area contributed by atoms with Gasteiger partial charge in [-0.1, -0.05) is 60.2 Å². The van der Waals surface area contributed by atoms with Crippen molar-refractivity contribution in [1.29, 1.82) is 0 Å². The maximum atomic E-state index is 12.4. The van der Waals surface area contributed by atoms with Crippen molar-refractivity contribution < 1.29 is 4.79 Å². The molecule has 0 unspecified atom stereocenters. The zero-order valence-corrected chi connectivity index (χ0v) is 15.7. The second-order valence-corrected chi connectivity index (χ2v) is 7.54. The van der Waals surface area contributed by atoms with Crippen molar-refractivity contribution in [3.63, 3.8) is 0 Å². The monoisotopic (exact) mass is 350 g/mol. The van der Waals surface area contributed by atoms with Gasteiger partial charge in [0, 0.05) is 19.0 Å². The first-order chi connectivity index (χ1) is 12.7. The van der Waals surface area contributed by atoms with Crippen LogP contribution in [0.25, 0.3) is 0 Å². The quantitative estimate of drug-likeness (QED) is 0.785. The van der Waals surface area contributed by atoms with Crippen LogP contribution in [0, 0.1) is 18.8 Å². The zero-order chi connectivity index (χ0) is 18.2. The fourth-order valence-corrected chi connectivity index (χ4v) is 3.68. The average molecular weight is 351 g/mol. The number of rotatable bonds is 7. The summed E-state index contributed by atoms with van der Waals surface area (Å²) >= 11 is 0. The van der Waals surface area contributed by atoms with Crippen molar-refractivity contribution in [2.75, 3.05) is 6.54 Å². The molecule has 0 heterocycles. The van der Waals surface area contributed by atoms with Crippen LogP contribution in [0.5, 0.6) is 0 Å². The standard InChI is InChI=1S/C23H30N2O/c1-18-7-9-21(10-8-18)17-25-23(26)22-13-11-20(12-14-22)16-24-15-19-5-3-2-4-6-19/h2-10,20,22,24H,11-17H2,1H3,(H,25,26). The number of carbonyl (C=O) groups is 1. The lowest BCUT2D eigenvalue weighted by Crippen LogP contribution is -2.34. The van der Waals surface area contributed by atoms with Gasteiger partial charge in [-0.15, -0.1) is 0 Å². The molecule has 2 N–H and O–H groups in total. The second-order valence-electron chi connectivity index (χ2n) is 7.54.